The fraction of sp³-hybridized carbons (Fsp3) is 0.160. The Morgan fingerprint density at radius 1 is 0.871 bits per heavy atom. The summed E-state index contributed by atoms with van der Waals surface area (Å²) in [7, 11) is 0. The summed E-state index contributed by atoms with van der Waals surface area (Å²) in [6.07, 6.45) is 0.764. The molecule has 0 bridgehead atoms. The van der Waals surface area contributed by atoms with E-state index in [1.165, 1.54) is 0 Å². The Hall–Kier alpha value is -3.51. The normalized spacial score (nSPS) is 15.9. The Kier molecular flexibility index (Phi) is 6.38. The van der Waals surface area contributed by atoms with E-state index >= 15 is 0 Å². The van der Waals surface area contributed by atoms with Crippen LogP contribution in [-0.2, 0) is 16.0 Å². The number of hydrogen-bond acceptors (Lipinski definition) is 3. The minimum Gasteiger partial charge on any atom is -0.336 e. The zero-order valence-electron chi connectivity index (χ0n) is 17.0. The summed E-state index contributed by atoms with van der Waals surface area (Å²) >= 11 is 5.70. The van der Waals surface area contributed by atoms with Crippen molar-refractivity contribution in [1.82, 2.24) is 4.90 Å². The molecular formula is C25H23N3O2S. The molecular weight excluding hydrogens is 406 g/mol. The van der Waals surface area contributed by atoms with Crippen molar-refractivity contribution in [3.8, 4) is 0 Å². The molecule has 1 atom stereocenters. The van der Waals surface area contributed by atoms with Crippen LogP contribution in [0.5, 0.6) is 0 Å². The minimum absolute atomic E-state index is 0.0337. The maximum absolute atomic E-state index is 13.3. The van der Waals surface area contributed by atoms with Gasteiger partial charge >= 0.3 is 0 Å². The fourth-order valence-electron chi connectivity index (χ4n) is 3.71. The lowest BCUT2D eigenvalue weighted by Crippen LogP contribution is -2.39. The Morgan fingerprint density at radius 2 is 1.45 bits per heavy atom. The molecule has 1 aliphatic rings. The molecule has 2 amide bonds. The van der Waals surface area contributed by atoms with Gasteiger partial charge in [0.15, 0.2) is 5.11 Å². The standard InChI is InChI=1S/C25H23N3O2S/c29-23(26-20-12-6-2-7-13-20)18-22-24(30)28(21-14-8-3-9-15-21)25(31)27(22)17-16-19-10-4-1-5-11-19/h1-15,22H,16-18H2,(H,26,29). The van der Waals surface area contributed by atoms with Crippen LogP contribution in [0, 0.1) is 0 Å². The molecule has 1 heterocycles. The van der Waals surface area contributed by atoms with Gasteiger partial charge in [0.2, 0.25) is 5.91 Å². The number of thiocarbonyl (C=S) groups is 1. The molecule has 3 aromatic rings. The van der Waals surface area contributed by atoms with Crippen LogP contribution in [0.1, 0.15) is 12.0 Å². The van der Waals surface area contributed by atoms with E-state index in [0.717, 1.165) is 12.0 Å². The van der Waals surface area contributed by atoms with Crippen molar-refractivity contribution in [1.29, 1.82) is 0 Å². The van der Waals surface area contributed by atoms with E-state index in [-0.39, 0.29) is 18.2 Å². The highest BCUT2D eigenvalue weighted by Crippen LogP contribution is 2.27. The highest BCUT2D eigenvalue weighted by atomic mass is 32.1. The third-order valence-corrected chi connectivity index (χ3v) is 5.67. The van der Waals surface area contributed by atoms with Crippen LogP contribution >= 0.6 is 12.2 Å². The number of carbonyl (C=O) groups is 2. The van der Waals surface area contributed by atoms with Crippen molar-refractivity contribution in [2.75, 3.05) is 16.8 Å². The van der Waals surface area contributed by atoms with Crippen LogP contribution in [-0.4, -0.2) is 34.4 Å². The average Bonchev–Trinajstić information content (AvgIpc) is 3.03. The Balaban J connectivity index is 1.55. The lowest BCUT2D eigenvalue weighted by molar-refractivity contribution is -0.124. The molecule has 0 spiro atoms. The lowest BCUT2D eigenvalue weighted by Gasteiger charge is -2.24. The molecule has 1 N–H and O–H groups in total. The molecule has 6 heteroatoms. The molecule has 1 fully saturated rings. The number of carbonyl (C=O) groups excluding carboxylic acids is 2. The summed E-state index contributed by atoms with van der Waals surface area (Å²) in [5, 5.41) is 3.31. The van der Waals surface area contributed by atoms with Gasteiger partial charge in [-0.15, -0.1) is 0 Å². The molecule has 156 valence electrons. The smallest absolute Gasteiger partial charge is 0.256 e. The maximum Gasteiger partial charge on any atom is 0.256 e. The molecule has 4 rings (SSSR count). The number of benzene rings is 3. The lowest BCUT2D eigenvalue weighted by atomic mass is 10.1. The zero-order chi connectivity index (χ0) is 21.6. The van der Waals surface area contributed by atoms with Crippen LogP contribution in [0.2, 0.25) is 0 Å². The van der Waals surface area contributed by atoms with Gasteiger partial charge in [-0.2, -0.15) is 0 Å². The number of para-hydroxylation sites is 2. The zero-order valence-corrected chi connectivity index (χ0v) is 17.8. The SMILES string of the molecule is O=C(CC1C(=O)N(c2ccccc2)C(=S)N1CCc1ccccc1)Nc1ccccc1. The molecule has 0 radical (unpaired) electrons. The largest absolute Gasteiger partial charge is 0.336 e. The van der Waals surface area contributed by atoms with E-state index in [9.17, 15) is 9.59 Å². The average molecular weight is 430 g/mol. The van der Waals surface area contributed by atoms with E-state index in [4.69, 9.17) is 12.2 Å². The molecule has 1 unspecified atom stereocenters. The topological polar surface area (TPSA) is 52.7 Å². The Bertz CT molecular complexity index is 1060. The van der Waals surface area contributed by atoms with Gasteiger partial charge in [0.1, 0.15) is 6.04 Å². The van der Waals surface area contributed by atoms with E-state index in [1.54, 1.807) is 4.90 Å². The molecule has 31 heavy (non-hydrogen) atoms. The first-order valence-corrected chi connectivity index (χ1v) is 10.6. The van der Waals surface area contributed by atoms with E-state index in [1.807, 2.05) is 95.9 Å². The van der Waals surface area contributed by atoms with Gasteiger partial charge in [-0.05, 0) is 48.5 Å². The van der Waals surface area contributed by atoms with Gasteiger partial charge in [-0.25, -0.2) is 0 Å². The predicted octanol–water partition coefficient (Wildman–Crippen LogP) is 4.26. The first-order valence-electron chi connectivity index (χ1n) is 10.2. The van der Waals surface area contributed by atoms with Crippen LogP contribution < -0.4 is 10.2 Å². The van der Waals surface area contributed by atoms with Crippen molar-refractivity contribution in [2.24, 2.45) is 0 Å². The summed E-state index contributed by atoms with van der Waals surface area (Å²) in [6, 6.07) is 28.0. The molecule has 0 aromatic heterocycles. The summed E-state index contributed by atoms with van der Waals surface area (Å²) in [4.78, 5) is 29.5. The number of anilines is 2. The highest BCUT2D eigenvalue weighted by Gasteiger charge is 2.43. The van der Waals surface area contributed by atoms with Crippen LogP contribution in [0.25, 0.3) is 0 Å². The summed E-state index contributed by atoms with van der Waals surface area (Å²) in [5.74, 6) is -0.389. The Morgan fingerprint density at radius 3 is 2.10 bits per heavy atom. The Labute approximate surface area is 187 Å². The van der Waals surface area contributed by atoms with Gasteiger partial charge in [-0.3, -0.25) is 14.5 Å². The van der Waals surface area contributed by atoms with Crippen molar-refractivity contribution < 1.29 is 9.59 Å². The fourth-order valence-corrected chi connectivity index (χ4v) is 4.12. The number of nitrogens with one attached hydrogen (secondary N) is 1. The second kappa shape index (κ2) is 9.53. The second-order valence-electron chi connectivity index (χ2n) is 7.35. The number of rotatable bonds is 7. The second-order valence-corrected chi connectivity index (χ2v) is 7.72. The van der Waals surface area contributed by atoms with Gasteiger partial charge in [0.05, 0.1) is 12.1 Å². The van der Waals surface area contributed by atoms with Crippen molar-refractivity contribution >= 4 is 40.5 Å². The summed E-state index contributed by atoms with van der Waals surface area (Å²) in [5.41, 5.74) is 2.58. The van der Waals surface area contributed by atoms with Crippen LogP contribution in [0.4, 0.5) is 11.4 Å². The van der Waals surface area contributed by atoms with E-state index in [2.05, 4.69) is 5.32 Å². The highest BCUT2D eigenvalue weighted by molar-refractivity contribution is 7.80. The van der Waals surface area contributed by atoms with Gasteiger partial charge in [0.25, 0.3) is 5.91 Å². The van der Waals surface area contributed by atoms with Crippen LogP contribution in [0.15, 0.2) is 91.0 Å². The predicted molar refractivity (Wildman–Crippen MR) is 127 cm³/mol. The number of hydrogen-bond donors (Lipinski definition) is 1. The van der Waals surface area contributed by atoms with Crippen LogP contribution in [0.3, 0.4) is 0 Å². The molecule has 5 nitrogen and oxygen atoms in total. The third-order valence-electron chi connectivity index (χ3n) is 5.25. The summed E-state index contributed by atoms with van der Waals surface area (Å²) in [6.45, 7) is 0.557. The number of amides is 2. The molecule has 1 aliphatic heterocycles. The first-order chi connectivity index (χ1) is 15.1. The molecule has 3 aromatic carbocycles. The minimum atomic E-state index is -0.639. The third kappa shape index (κ3) is 4.81. The van der Waals surface area contributed by atoms with Gasteiger partial charge in [0, 0.05) is 12.2 Å². The quantitative estimate of drug-likeness (QED) is 0.570. The van der Waals surface area contributed by atoms with Crippen molar-refractivity contribution in [3.05, 3.63) is 96.6 Å². The number of nitrogens with zero attached hydrogens (tertiary/aromatic N) is 2. The van der Waals surface area contributed by atoms with Crippen molar-refractivity contribution in [3.63, 3.8) is 0 Å². The van der Waals surface area contributed by atoms with E-state index in [0.29, 0.717) is 23.0 Å². The maximum atomic E-state index is 13.3. The monoisotopic (exact) mass is 429 g/mol. The first kappa shape index (κ1) is 20.8. The van der Waals surface area contributed by atoms with Gasteiger partial charge in [-0.1, -0.05) is 66.7 Å². The van der Waals surface area contributed by atoms with Gasteiger partial charge < -0.3 is 10.2 Å². The van der Waals surface area contributed by atoms with Crippen molar-refractivity contribution in [2.45, 2.75) is 18.9 Å². The van der Waals surface area contributed by atoms with E-state index < -0.39 is 6.04 Å². The molecule has 0 saturated carbocycles. The molecule has 1 saturated heterocycles. The summed E-state index contributed by atoms with van der Waals surface area (Å²) < 4.78 is 0. The molecule has 0 aliphatic carbocycles.